The minimum atomic E-state index is -0.913. The van der Waals surface area contributed by atoms with E-state index in [-0.39, 0.29) is 19.0 Å². The predicted molar refractivity (Wildman–Crippen MR) is 77.4 cm³/mol. The van der Waals surface area contributed by atoms with Crippen molar-refractivity contribution in [1.82, 2.24) is 4.90 Å². The van der Waals surface area contributed by atoms with E-state index in [1.54, 1.807) is 0 Å². The van der Waals surface area contributed by atoms with Gasteiger partial charge in [-0.1, -0.05) is 22.0 Å². The van der Waals surface area contributed by atoms with Crippen LogP contribution in [0, 0.1) is 6.92 Å². The lowest BCUT2D eigenvalue weighted by Gasteiger charge is -2.20. The van der Waals surface area contributed by atoms with Crippen LogP contribution in [0.1, 0.15) is 18.9 Å². The molecule has 6 heteroatoms. The predicted octanol–water partition coefficient (Wildman–Crippen LogP) is 3.09. The highest BCUT2D eigenvalue weighted by molar-refractivity contribution is 9.10. The van der Waals surface area contributed by atoms with E-state index in [0.717, 1.165) is 10.0 Å². The molecule has 0 saturated carbocycles. The van der Waals surface area contributed by atoms with Crippen LogP contribution in [0.5, 0.6) is 0 Å². The Morgan fingerprint density at radius 3 is 2.63 bits per heavy atom. The van der Waals surface area contributed by atoms with Gasteiger partial charge in [0.05, 0.1) is 6.42 Å². The number of carbonyl (C=O) groups excluding carboxylic acids is 1. The van der Waals surface area contributed by atoms with Gasteiger partial charge in [0.15, 0.2) is 0 Å². The number of aliphatic carboxylic acids is 1. The molecule has 0 aliphatic heterocycles. The first-order chi connectivity index (χ1) is 8.93. The summed E-state index contributed by atoms with van der Waals surface area (Å²) in [6.07, 6.45) is -0.0567. The number of carboxylic acids is 1. The van der Waals surface area contributed by atoms with Crippen LogP contribution in [0.15, 0.2) is 22.7 Å². The average Bonchev–Trinajstić information content (AvgIpc) is 2.34. The van der Waals surface area contributed by atoms with Crippen molar-refractivity contribution in [3.8, 4) is 0 Å². The lowest BCUT2D eigenvalue weighted by molar-refractivity contribution is -0.137. The second-order valence-electron chi connectivity index (χ2n) is 4.12. The fraction of sp³-hybridized carbons (Fsp3) is 0.385. The number of rotatable bonds is 5. The van der Waals surface area contributed by atoms with Gasteiger partial charge in [0.25, 0.3) is 0 Å². The standard InChI is InChI=1S/C13H17BrN2O3/c1-3-16(7-6-12(17)18)13(19)15-10-5-4-9(2)11(14)8-10/h4-5,8H,3,6-7H2,1-2H3,(H,15,19)(H,17,18). The van der Waals surface area contributed by atoms with Gasteiger partial charge < -0.3 is 15.3 Å². The molecule has 0 heterocycles. The van der Waals surface area contributed by atoms with Gasteiger partial charge >= 0.3 is 12.0 Å². The Morgan fingerprint density at radius 1 is 1.42 bits per heavy atom. The van der Waals surface area contributed by atoms with Crippen LogP contribution in [0.3, 0.4) is 0 Å². The number of benzene rings is 1. The summed E-state index contributed by atoms with van der Waals surface area (Å²) in [7, 11) is 0. The number of anilines is 1. The van der Waals surface area contributed by atoms with Crippen LogP contribution >= 0.6 is 15.9 Å². The first-order valence-corrected chi connectivity index (χ1v) is 6.77. The number of hydrogen-bond donors (Lipinski definition) is 2. The molecule has 1 aromatic rings. The van der Waals surface area contributed by atoms with Crippen molar-refractivity contribution < 1.29 is 14.7 Å². The maximum Gasteiger partial charge on any atom is 0.321 e. The second kappa shape index (κ2) is 7.13. The van der Waals surface area contributed by atoms with E-state index in [1.807, 2.05) is 32.0 Å². The Kier molecular flexibility index (Phi) is 5.82. The number of aryl methyl sites for hydroxylation is 1. The zero-order valence-electron chi connectivity index (χ0n) is 10.9. The summed E-state index contributed by atoms with van der Waals surface area (Å²) in [4.78, 5) is 23.9. The van der Waals surface area contributed by atoms with Crippen LogP contribution in [0.25, 0.3) is 0 Å². The molecular formula is C13H17BrN2O3. The van der Waals surface area contributed by atoms with Gasteiger partial charge in [0.2, 0.25) is 0 Å². The largest absolute Gasteiger partial charge is 0.481 e. The molecule has 0 unspecified atom stereocenters. The molecule has 2 amide bonds. The van der Waals surface area contributed by atoms with E-state index in [2.05, 4.69) is 21.2 Å². The third-order valence-electron chi connectivity index (χ3n) is 2.69. The molecule has 104 valence electrons. The Hall–Kier alpha value is -1.56. The van der Waals surface area contributed by atoms with Crippen molar-refractivity contribution in [3.63, 3.8) is 0 Å². The topological polar surface area (TPSA) is 69.6 Å². The van der Waals surface area contributed by atoms with E-state index >= 15 is 0 Å². The molecule has 0 atom stereocenters. The van der Waals surface area contributed by atoms with Crippen molar-refractivity contribution in [2.24, 2.45) is 0 Å². The number of carbonyl (C=O) groups is 2. The molecule has 2 N–H and O–H groups in total. The number of hydrogen-bond acceptors (Lipinski definition) is 2. The van der Waals surface area contributed by atoms with Crippen LogP contribution in [0.4, 0.5) is 10.5 Å². The van der Waals surface area contributed by atoms with Crippen LogP contribution < -0.4 is 5.32 Å². The summed E-state index contributed by atoms with van der Waals surface area (Å²) in [5.41, 5.74) is 1.76. The summed E-state index contributed by atoms with van der Waals surface area (Å²) in [5, 5.41) is 11.4. The lowest BCUT2D eigenvalue weighted by atomic mass is 10.2. The molecule has 0 fully saturated rings. The van der Waals surface area contributed by atoms with E-state index in [4.69, 9.17) is 5.11 Å². The number of amides is 2. The Balaban J connectivity index is 2.65. The third kappa shape index (κ3) is 4.90. The normalized spacial score (nSPS) is 10.1. The summed E-state index contributed by atoms with van der Waals surface area (Å²) in [6, 6.07) is 5.23. The van der Waals surface area contributed by atoms with Crippen molar-refractivity contribution in [2.45, 2.75) is 20.3 Å². The highest BCUT2D eigenvalue weighted by atomic mass is 79.9. The highest BCUT2D eigenvalue weighted by Gasteiger charge is 2.13. The van der Waals surface area contributed by atoms with E-state index in [0.29, 0.717) is 12.2 Å². The van der Waals surface area contributed by atoms with E-state index < -0.39 is 5.97 Å². The number of carboxylic acid groups (broad SMARTS) is 1. The summed E-state index contributed by atoms with van der Waals surface area (Å²) in [5.74, 6) is -0.913. The monoisotopic (exact) mass is 328 g/mol. The van der Waals surface area contributed by atoms with Crippen molar-refractivity contribution in [3.05, 3.63) is 28.2 Å². The molecule has 1 aromatic carbocycles. The number of nitrogens with one attached hydrogen (secondary N) is 1. The van der Waals surface area contributed by atoms with Gasteiger partial charge in [-0.2, -0.15) is 0 Å². The zero-order chi connectivity index (χ0) is 14.4. The van der Waals surface area contributed by atoms with Crippen molar-refractivity contribution in [2.75, 3.05) is 18.4 Å². The highest BCUT2D eigenvalue weighted by Crippen LogP contribution is 2.20. The molecule has 0 aliphatic carbocycles. The SMILES string of the molecule is CCN(CCC(=O)O)C(=O)Nc1ccc(C)c(Br)c1. The Bertz CT molecular complexity index is 477. The first-order valence-electron chi connectivity index (χ1n) is 5.98. The van der Waals surface area contributed by atoms with Crippen LogP contribution in [-0.2, 0) is 4.79 Å². The van der Waals surface area contributed by atoms with E-state index in [9.17, 15) is 9.59 Å². The fourth-order valence-corrected chi connectivity index (χ4v) is 1.89. The lowest BCUT2D eigenvalue weighted by Crippen LogP contribution is -2.36. The molecule has 19 heavy (non-hydrogen) atoms. The molecule has 1 rings (SSSR count). The third-order valence-corrected chi connectivity index (χ3v) is 3.54. The Morgan fingerprint density at radius 2 is 2.11 bits per heavy atom. The molecular weight excluding hydrogens is 312 g/mol. The van der Waals surface area contributed by atoms with Gasteiger partial charge in [-0.15, -0.1) is 0 Å². The molecule has 5 nitrogen and oxygen atoms in total. The van der Waals surface area contributed by atoms with Crippen LogP contribution in [0.2, 0.25) is 0 Å². The molecule has 0 saturated heterocycles. The molecule has 0 bridgehead atoms. The number of halogens is 1. The quantitative estimate of drug-likeness (QED) is 0.872. The second-order valence-corrected chi connectivity index (χ2v) is 4.97. The van der Waals surface area contributed by atoms with E-state index in [1.165, 1.54) is 4.90 Å². The van der Waals surface area contributed by atoms with Gasteiger partial charge in [0, 0.05) is 23.2 Å². The molecule has 0 aromatic heterocycles. The first kappa shape index (κ1) is 15.5. The fourth-order valence-electron chi connectivity index (χ4n) is 1.51. The smallest absolute Gasteiger partial charge is 0.321 e. The van der Waals surface area contributed by atoms with Gasteiger partial charge in [-0.3, -0.25) is 4.79 Å². The summed E-state index contributed by atoms with van der Waals surface area (Å²) < 4.78 is 0.916. The zero-order valence-corrected chi connectivity index (χ0v) is 12.5. The number of nitrogens with zero attached hydrogens (tertiary/aromatic N) is 1. The molecule has 0 spiro atoms. The summed E-state index contributed by atoms with van der Waals surface area (Å²) >= 11 is 3.40. The molecule has 0 aliphatic rings. The Labute approximate surface area is 120 Å². The van der Waals surface area contributed by atoms with Crippen molar-refractivity contribution in [1.29, 1.82) is 0 Å². The molecule has 0 radical (unpaired) electrons. The minimum absolute atomic E-state index is 0.0567. The van der Waals surface area contributed by atoms with Gasteiger partial charge in [0.1, 0.15) is 0 Å². The maximum absolute atomic E-state index is 12.0. The van der Waals surface area contributed by atoms with Gasteiger partial charge in [-0.25, -0.2) is 4.79 Å². The minimum Gasteiger partial charge on any atom is -0.481 e. The number of urea groups is 1. The summed E-state index contributed by atoms with van der Waals surface area (Å²) in [6.45, 7) is 4.43. The van der Waals surface area contributed by atoms with Crippen molar-refractivity contribution >= 4 is 33.6 Å². The van der Waals surface area contributed by atoms with Crippen LogP contribution in [-0.4, -0.2) is 35.1 Å². The maximum atomic E-state index is 12.0. The van der Waals surface area contributed by atoms with Gasteiger partial charge in [-0.05, 0) is 31.5 Å². The average molecular weight is 329 g/mol.